The van der Waals surface area contributed by atoms with Crippen molar-refractivity contribution in [2.45, 2.75) is 12.8 Å². The number of phenolic OH excluding ortho intramolecular Hbond substituents is 1. The molecule has 0 spiro atoms. The van der Waals surface area contributed by atoms with Gasteiger partial charge < -0.3 is 10.0 Å². The van der Waals surface area contributed by atoms with Crippen LogP contribution in [-0.2, 0) is 0 Å². The van der Waals surface area contributed by atoms with E-state index in [-0.39, 0.29) is 17.2 Å². The Labute approximate surface area is 93.5 Å². The standard InChI is InChI=1S/C12H13NO3/c14-8-9-3-4-10(11(15)7-9)12(16)13-5-1-2-6-13/h3-4,7-8,15H,1-2,5-6H2. The van der Waals surface area contributed by atoms with E-state index in [0.29, 0.717) is 11.8 Å². The van der Waals surface area contributed by atoms with Gasteiger partial charge in [0.1, 0.15) is 12.0 Å². The van der Waals surface area contributed by atoms with E-state index in [1.165, 1.54) is 18.2 Å². The van der Waals surface area contributed by atoms with Crippen molar-refractivity contribution >= 4 is 12.2 Å². The van der Waals surface area contributed by atoms with Gasteiger partial charge in [-0.2, -0.15) is 0 Å². The van der Waals surface area contributed by atoms with Crippen molar-refractivity contribution < 1.29 is 14.7 Å². The molecule has 1 fully saturated rings. The van der Waals surface area contributed by atoms with Crippen LogP contribution >= 0.6 is 0 Å². The Morgan fingerprint density at radius 1 is 1.31 bits per heavy atom. The summed E-state index contributed by atoms with van der Waals surface area (Å²) >= 11 is 0. The van der Waals surface area contributed by atoms with Gasteiger partial charge in [-0.1, -0.05) is 6.07 Å². The third kappa shape index (κ3) is 1.91. The SMILES string of the molecule is O=Cc1ccc(C(=O)N2CCCC2)c(O)c1. The maximum atomic E-state index is 11.9. The van der Waals surface area contributed by atoms with Crippen LogP contribution in [0.4, 0.5) is 0 Å². The number of benzene rings is 1. The molecule has 1 aromatic carbocycles. The smallest absolute Gasteiger partial charge is 0.257 e. The summed E-state index contributed by atoms with van der Waals surface area (Å²) < 4.78 is 0. The molecule has 84 valence electrons. The number of nitrogens with zero attached hydrogens (tertiary/aromatic N) is 1. The van der Waals surface area contributed by atoms with Gasteiger partial charge in [-0.15, -0.1) is 0 Å². The van der Waals surface area contributed by atoms with Gasteiger partial charge in [-0.3, -0.25) is 9.59 Å². The molecule has 0 aromatic heterocycles. The number of aromatic hydroxyl groups is 1. The number of carbonyl (C=O) groups is 2. The molecule has 0 aliphatic carbocycles. The fourth-order valence-corrected chi connectivity index (χ4v) is 1.89. The molecule has 16 heavy (non-hydrogen) atoms. The molecule has 0 saturated carbocycles. The van der Waals surface area contributed by atoms with Crippen molar-refractivity contribution in [3.05, 3.63) is 29.3 Å². The number of hydrogen-bond acceptors (Lipinski definition) is 3. The first kappa shape index (κ1) is 10.7. The summed E-state index contributed by atoms with van der Waals surface area (Å²) in [4.78, 5) is 24.2. The molecule has 1 aromatic rings. The Morgan fingerprint density at radius 3 is 2.56 bits per heavy atom. The Balaban J connectivity index is 2.25. The zero-order valence-electron chi connectivity index (χ0n) is 8.85. The third-order valence-corrected chi connectivity index (χ3v) is 2.78. The largest absolute Gasteiger partial charge is 0.507 e. The highest BCUT2D eigenvalue weighted by atomic mass is 16.3. The molecule has 1 aliphatic heterocycles. The number of likely N-dealkylation sites (tertiary alicyclic amines) is 1. The molecule has 1 N–H and O–H groups in total. The van der Waals surface area contributed by atoms with Crippen LogP contribution in [0, 0.1) is 0 Å². The molecule has 0 atom stereocenters. The molecule has 0 radical (unpaired) electrons. The summed E-state index contributed by atoms with van der Waals surface area (Å²) in [6, 6.07) is 4.35. The lowest BCUT2D eigenvalue weighted by Gasteiger charge is -2.15. The highest BCUT2D eigenvalue weighted by molar-refractivity contribution is 5.97. The fraction of sp³-hybridized carbons (Fsp3) is 0.333. The number of aldehydes is 1. The Hall–Kier alpha value is -1.84. The quantitative estimate of drug-likeness (QED) is 0.766. The number of hydrogen-bond donors (Lipinski definition) is 1. The molecule has 0 bridgehead atoms. The summed E-state index contributed by atoms with van der Waals surface area (Å²) in [5, 5.41) is 9.65. The van der Waals surface area contributed by atoms with Crippen molar-refractivity contribution in [2.24, 2.45) is 0 Å². The van der Waals surface area contributed by atoms with Crippen molar-refractivity contribution in [1.82, 2.24) is 4.90 Å². The van der Waals surface area contributed by atoms with Gasteiger partial charge in [0.25, 0.3) is 5.91 Å². The lowest BCUT2D eigenvalue weighted by molar-refractivity contribution is 0.0789. The van der Waals surface area contributed by atoms with E-state index in [1.807, 2.05) is 0 Å². The van der Waals surface area contributed by atoms with Crippen LogP contribution in [0.25, 0.3) is 0 Å². The zero-order valence-corrected chi connectivity index (χ0v) is 8.85. The number of amides is 1. The second kappa shape index (κ2) is 4.35. The minimum Gasteiger partial charge on any atom is -0.507 e. The van der Waals surface area contributed by atoms with E-state index in [1.54, 1.807) is 4.90 Å². The highest BCUT2D eigenvalue weighted by Gasteiger charge is 2.21. The first-order valence-electron chi connectivity index (χ1n) is 5.30. The summed E-state index contributed by atoms with van der Waals surface area (Å²) in [6.45, 7) is 1.49. The second-order valence-electron chi connectivity index (χ2n) is 3.89. The van der Waals surface area contributed by atoms with Gasteiger partial charge in [0.2, 0.25) is 0 Å². The number of carbonyl (C=O) groups excluding carboxylic acids is 2. The van der Waals surface area contributed by atoms with E-state index in [2.05, 4.69) is 0 Å². The summed E-state index contributed by atoms with van der Waals surface area (Å²) in [5.74, 6) is -0.283. The van der Waals surface area contributed by atoms with Crippen LogP contribution in [0.5, 0.6) is 5.75 Å². The lowest BCUT2D eigenvalue weighted by Crippen LogP contribution is -2.27. The van der Waals surface area contributed by atoms with Gasteiger partial charge in [0, 0.05) is 18.7 Å². The molecule has 2 rings (SSSR count). The molecule has 0 unspecified atom stereocenters. The predicted molar refractivity (Wildman–Crippen MR) is 58.6 cm³/mol. The highest BCUT2D eigenvalue weighted by Crippen LogP contribution is 2.21. The van der Waals surface area contributed by atoms with Crippen LogP contribution in [-0.4, -0.2) is 35.3 Å². The normalized spacial score (nSPS) is 15.1. The summed E-state index contributed by atoms with van der Waals surface area (Å²) in [7, 11) is 0. The predicted octanol–water partition coefficient (Wildman–Crippen LogP) is 1.44. The molecule has 1 aliphatic rings. The molecule has 1 amide bonds. The molecular formula is C12H13NO3. The maximum absolute atomic E-state index is 11.9. The van der Waals surface area contributed by atoms with E-state index in [0.717, 1.165) is 25.9 Å². The van der Waals surface area contributed by atoms with Crippen molar-refractivity contribution in [2.75, 3.05) is 13.1 Å². The average Bonchev–Trinajstić information content (AvgIpc) is 2.81. The van der Waals surface area contributed by atoms with Gasteiger partial charge in [-0.05, 0) is 25.0 Å². The Morgan fingerprint density at radius 2 is 2.00 bits per heavy atom. The van der Waals surface area contributed by atoms with Crippen LogP contribution in [0.2, 0.25) is 0 Å². The lowest BCUT2D eigenvalue weighted by atomic mass is 10.1. The fourth-order valence-electron chi connectivity index (χ4n) is 1.89. The molecule has 4 heteroatoms. The minimum absolute atomic E-state index is 0.124. The van der Waals surface area contributed by atoms with Crippen LogP contribution in [0.1, 0.15) is 33.6 Å². The zero-order chi connectivity index (χ0) is 11.5. The van der Waals surface area contributed by atoms with Gasteiger partial charge in [-0.25, -0.2) is 0 Å². The molecule has 1 saturated heterocycles. The number of rotatable bonds is 2. The Kier molecular flexibility index (Phi) is 2.90. The van der Waals surface area contributed by atoms with Crippen LogP contribution in [0.15, 0.2) is 18.2 Å². The van der Waals surface area contributed by atoms with E-state index < -0.39 is 0 Å². The topological polar surface area (TPSA) is 57.6 Å². The molecule has 4 nitrogen and oxygen atoms in total. The number of phenols is 1. The van der Waals surface area contributed by atoms with E-state index in [4.69, 9.17) is 0 Å². The van der Waals surface area contributed by atoms with Crippen molar-refractivity contribution in [1.29, 1.82) is 0 Å². The second-order valence-corrected chi connectivity index (χ2v) is 3.89. The third-order valence-electron chi connectivity index (χ3n) is 2.78. The Bertz CT molecular complexity index is 422. The summed E-state index contributed by atoms with van der Waals surface area (Å²) in [6.07, 6.45) is 2.67. The minimum atomic E-state index is -0.160. The van der Waals surface area contributed by atoms with Crippen molar-refractivity contribution in [3.8, 4) is 5.75 Å². The van der Waals surface area contributed by atoms with Crippen LogP contribution < -0.4 is 0 Å². The summed E-state index contributed by atoms with van der Waals surface area (Å²) in [5.41, 5.74) is 0.642. The van der Waals surface area contributed by atoms with Crippen LogP contribution in [0.3, 0.4) is 0 Å². The first-order valence-corrected chi connectivity index (χ1v) is 5.30. The average molecular weight is 219 g/mol. The van der Waals surface area contributed by atoms with E-state index >= 15 is 0 Å². The molecular weight excluding hydrogens is 206 g/mol. The van der Waals surface area contributed by atoms with Crippen molar-refractivity contribution in [3.63, 3.8) is 0 Å². The first-order chi connectivity index (χ1) is 7.72. The van der Waals surface area contributed by atoms with Gasteiger partial charge in [0.15, 0.2) is 0 Å². The van der Waals surface area contributed by atoms with Gasteiger partial charge >= 0.3 is 0 Å². The molecule has 1 heterocycles. The monoisotopic (exact) mass is 219 g/mol. The van der Waals surface area contributed by atoms with E-state index in [9.17, 15) is 14.7 Å². The van der Waals surface area contributed by atoms with Gasteiger partial charge in [0.05, 0.1) is 5.56 Å². The maximum Gasteiger partial charge on any atom is 0.257 e.